The molecule has 6 nitrogen and oxygen atoms in total. The van der Waals surface area contributed by atoms with Crippen LogP contribution < -0.4 is 0 Å². The summed E-state index contributed by atoms with van der Waals surface area (Å²) >= 11 is 5.86. The molecule has 2 heterocycles. The maximum Gasteiger partial charge on any atom is 0.293 e. The second kappa shape index (κ2) is 5.83. The average molecular weight is 306 g/mol. The molecule has 21 heavy (non-hydrogen) atoms. The van der Waals surface area contributed by atoms with Crippen LogP contribution in [0.2, 0.25) is 5.02 Å². The van der Waals surface area contributed by atoms with E-state index in [0.717, 1.165) is 18.8 Å². The topological polar surface area (TPSA) is 54.3 Å². The number of nitrogens with zero attached hydrogens (tertiary/aromatic N) is 5. The van der Waals surface area contributed by atoms with Crippen molar-refractivity contribution < 1.29 is 4.79 Å². The predicted molar refractivity (Wildman–Crippen MR) is 79.8 cm³/mol. The Kier molecular flexibility index (Phi) is 3.90. The van der Waals surface area contributed by atoms with Gasteiger partial charge in [0.1, 0.15) is 6.33 Å². The first-order valence-electron chi connectivity index (χ1n) is 6.79. The van der Waals surface area contributed by atoms with Crippen LogP contribution in [0.25, 0.3) is 5.69 Å². The van der Waals surface area contributed by atoms with Gasteiger partial charge in [0.15, 0.2) is 0 Å². The molecule has 2 aromatic rings. The quantitative estimate of drug-likeness (QED) is 0.839. The minimum atomic E-state index is -0.115. The lowest BCUT2D eigenvalue weighted by Gasteiger charge is -2.31. The number of aromatic nitrogens is 3. The normalized spacial score (nSPS) is 16.2. The first-order chi connectivity index (χ1) is 10.1. The Morgan fingerprint density at radius 1 is 1.14 bits per heavy atom. The first-order valence-corrected chi connectivity index (χ1v) is 7.17. The monoisotopic (exact) mass is 305 g/mol. The predicted octanol–water partition coefficient (Wildman–Crippen LogP) is 1.31. The molecule has 0 unspecified atom stereocenters. The summed E-state index contributed by atoms with van der Waals surface area (Å²) in [7, 11) is 2.05. The number of carbonyl (C=O) groups excluding carboxylic acids is 1. The molecule has 0 radical (unpaired) electrons. The van der Waals surface area contributed by atoms with Gasteiger partial charge < -0.3 is 9.80 Å². The van der Waals surface area contributed by atoms with E-state index in [1.165, 1.54) is 0 Å². The zero-order valence-corrected chi connectivity index (χ0v) is 12.5. The van der Waals surface area contributed by atoms with E-state index in [1.807, 2.05) is 12.1 Å². The molecule has 1 fully saturated rings. The molecule has 0 spiro atoms. The third-order valence-electron chi connectivity index (χ3n) is 3.56. The summed E-state index contributed by atoms with van der Waals surface area (Å²) in [5.74, 6) is 0.116. The van der Waals surface area contributed by atoms with Gasteiger partial charge in [-0.2, -0.15) is 0 Å². The molecule has 1 amide bonds. The molecule has 0 N–H and O–H groups in total. The van der Waals surface area contributed by atoms with Crippen LogP contribution in [0.5, 0.6) is 0 Å². The summed E-state index contributed by atoms with van der Waals surface area (Å²) in [6.07, 6.45) is 1.55. The van der Waals surface area contributed by atoms with Gasteiger partial charge in [0.2, 0.25) is 5.82 Å². The minimum Gasteiger partial charge on any atom is -0.333 e. The Bertz CT molecular complexity index is 631. The van der Waals surface area contributed by atoms with Crippen molar-refractivity contribution in [3.05, 3.63) is 41.4 Å². The van der Waals surface area contributed by atoms with E-state index in [4.69, 9.17) is 11.6 Å². The van der Waals surface area contributed by atoms with Gasteiger partial charge in [-0.1, -0.05) is 11.6 Å². The maximum absolute atomic E-state index is 12.4. The SMILES string of the molecule is CN1CCN(C(=O)c2ncn(-c3ccc(Cl)cc3)n2)CC1. The molecular formula is C14H16ClN5O. The van der Waals surface area contributed by atoms with Gasteiger partial charge in [-0.25, -0.2) is 9.67 Å². The van der Waals surface area contributed by atoms with Crippen LogP contribution >= 0.6 is 11.6 Å². The van der Waals surface area contributed by atoms with E-state index in [1.54, 1.807) is 28.0 Å². The van der Waals surface area contributed by atoms with Crippen molar-refractivity contribution in [1.82, 2.24) is 24.6 Å². The summed E-state index contributed by atoms with van der Waals surface area (Å²) in [6.45, 7) is 3.18. The van der Waals surface area contributed by atoms with Gasteiger partial charge in [-0.15, -0.1) is 5.10 Å². The molecule has 1 aromatic heterocycles. The number of hydrogen-bond acceptors (Lipinski definition) is 4. The first kappa shape index (κ1) is 14.0. The Morgan fingerprint density at radius 2 is 1.81 bits per heavy atom. The van der Waals surface area contributed by atoms with Crippen LogP contribution in [-0.4, -0.2) is 63.7 Å². The second-order valence-corrected chi connectivity index (χ2v) is 5.52. The van der Waals surface area contributed by atoms with Crippen LogP contribution in [-0.2, 0) is 0 Å². The Morgan fingerprint density at radius 3 is 2.48 bits per heavy atom. The second-order valence-electron chi connectivity index (χ2n) is 5.08. The van der Waals surface area contributed by atoms with E-state index < -0.39 is 0 Å². The molecule has 7 heteroatoms. The highest BCUT2D eigenvalue weighted by atomic mass is 35.5. The van der Waals surface area contributed by atoms with E-state index in [9.17, 15) is 4.79 Å². The molecule has 0 atom stereocenters. The van der Waals surface area contributed by atoms with Crippen LogP contribution in [0.15, 0.2) is 30.6 Å². The average Bonchev–Trinajstić information content (AvgIpc) is 2.98. The molecule has 1 aliphatic heterocycles. The Hall–Kier alpha value is -1.92. The zero-order chi connectivity index (χ0) is 14.8. The van der Waals surface area contributed by atoms with E-state index >= 15 is 0 Å². The number of piperazine rings is 1. The van der Waals surface area contributed by atoms with Crippen LogP contribution in [0.1, 0.15) is 10.6 Å². The van der Waals surface area contributed by atoms with Crippen molar-refractivity contribution in [3.8, 4) is 5.69 Å². The number of halogens is 1. The van der Waals surface area contributed by atoms with E-state index in [-0.39, 0.29) is 11.7 Å². The number of likely N-dealkylation sites (N-methyl/N-ethyl adjacent to an activating group) is 1. The molecule has 3 rings (SSSR count). The molecule has 0 bridgehead atoms. The highest BCUT2D eigenvalue weighted by molar-refractivity contribution is 6.30. The Labute approximate surface area is 127 Å². The van der Waals surface area contributed by atoms with Gasteiger partial charge in [0.25, 0.3) is 5.91 Å². The summed E-state index contributed by atoms with van der Waals surface area (Å²) in [5, 5.41) is 4.92. The molecule has 0 saturated carbocycles. The smallest absolute Gasteiger partial charge is 0.293 e. The van der Waals surface area contributed by atoms with Crippen molar-refractivity contribution in [3.63, 3.8) is 0 Å². The standard InChI is InChI=1S/C14H16ClN5O/c1-18-6-8-19(9-7-18)14(21)13-16-10-20(17-13)12-4-2-11(15)3-5-12/h2-5,10H,6-9H2,1H3. The highest BCUT2D eigenvalue weighted by Crippen LogP contribution is 2.13. The fourth-order valence-electron chi connectivity index (χ4n) is 2.23. The lowest BCUT2D eigenvalue weighted by Crippen LogP contribution is -2.47. The van der Waals surface area contributed by atoms with Gasteiger partial charge in [0.05, 0.1) is 5.69 Å². The number of benzene rings is 1. The highest BCUT2D eigenvalue weighted by Gasteiger charge is 2.23. The fourth-order valence-corrected chi connectivity index (χ4v) is 2.36. The molecule has 110 valence electrons. The third kappa shape index (κ3) is 3.06. The van der Waals surface area contributed by atoms with E-state index in [2.05, 4.69) is 22.0 Å². The maximum atomic E-state index is 12.4. The molecule has 1 aliphatic rings. The lowest BCUT2D eigenvalue weighted by molar-refractivity contribution is 0.0652. The summed E-state index contributed by atoms with van der Waals surface area (Å²) in [6, 6.07) is 7.23. The van der Waals surface area contributed by atoms with Crippen molar-refractivity contribution in [2.45, 2.75) is 0 Å². The van der Waals surface area contributed by atoms with Gasteiger partial charge in [-0.3, -0.25) is 4.79 Å². The molecule has 0 aliphatic carbocycles. The van der Waals surface area contributed by atoms with Crippen LogP contribution in [0.4, 0.5) is 0 Å². The summed E-state index contributed by atoms with van der Waals surface area (Å²) < 4.78 is 1.58. The summed E-state index contributed by atoms with van der Waals surface area (Å²) in [5.41, 5.74) is 0.823. The largest absolute Gasteiger partial charge is 0.333 e. The molecule has 1 aromatic carbocycles. The zero-order valence-electron chi connectivity index (χ0n) is 11.7. The lowest BCUT2D eigenvalue weighted by atomic mass is 10.3. The molecular weight excluding hydrogens is 290 g/mol. The van der Waals surface area contributed by atoms with Crippen molar-refractivity contribution in [1.29, 1.82) is 0 Å². The Balaban J connectivity index is 1.75. The van der Waals surface area contributed by atoms with Crippen molar-refractivity contribution >= 4 is 17.5 Å². The fraction of sp³-hybridized carbons (Fsp3) is 0.357. The number of rotatable bonds is 2. The van der Waals surface area contributed by atoms with Gasteiger partial charge in [-0.05, 0) is 31.3 Å². The number of hydrogen-bond donors (Lipinski definition) is 0. The van der Waals surface area contributed by atoms with Crippen molar-refractivity contribution in [2.75, 3.05) is 33.2 Å². The minimum absolute atomic E-state index is 0.115. The number of amides is 1. The third-order valence-corrected chi connectivity index (χ3v) is 3.82. The van der Waals surface area contributed by atoms with Crippen molar-refractivity contribution in [2.24, 2.45) is 0 Å². The molecule has 1 saturated heterocycles. The van der Waals surface area contributed by atoms with Gasteiger partial charge in [0, 0.05) is 31.2 Å². The van der Waals surface area contributed by atoms with E-state index in [0.29, 0.717) is 18.1 Å². The number of carbonyl (C=O) groups is 1. The summed E-state index contributed by atoms with van der Waals surface area (Å²) in [4.78, 5) is 20.5. The van der Waals surface area contributed by atoms with Crippen LogP contribution in [0.3, 0.4) is 0 Å². The van der Waals surface area contributed by atoms with Gasteiger partial charge >= 0.3 is 0 Å². The van der Waals surface area contributed by atoms with Crippen LogP contribution in [0, 0.1) is 0 Å².